The van der Waals surface area contributed by atoms with Crippen LogP contribution in [0.5, 0.6) is 0 Å². The molecule has 0 aromatic heterocycles. The molecule has 1 fully saturated rings. The zero-order valence-corrected chi connectivity index (χ0v) is 12.7. The van der Waals surface area contributed by atoms with Crippen LogP contribution in [-0.4, -0.2) is 24.0 Å². The van der Waals surface area contributed by atoms with Gasteiger partial charge in [-0.15, -0.1) is 0 Å². The molecule has 2 nitrogen and oxygen atoms in total. The third kappa shape index (κ3) is 3.34. The van der Waals surface area contributed by atoms with Gasteiger partial charge in [0.15, 0.2) is 0 Å². The first-order valence-electron chi connectivity index (χ1n) is 6.93. The summed E-state index contributed by atoms with van der Waals surface area (Å²) >= 11 is 3.49. The van der Waals surface area contributed by atoms with E-state index in [0.717, 1.165) is 24.1 Å². The summed E-state index contributed by atoms with van der Waals surface area (Å²) in [7, 11) is 0. The molecule has 18 heavy (non-hydrogen) atoms. The van der Waals surface area contributed by atoms with E-state index in [-0.39, 0.29) is 0 Å². The lowest BCUT2D eigenvalue weighted by atomic mass is 10.0. The van der Waals surface area contributed by atoms with E-state index in [4.69, 9.17) is 5.73 Å². The van der Waals surface area contributed by atoms with Crippen molar-refractivity contribution in [2.24, 2.45) is 11.7 Å². The third-order valence-electron chi connectivity index (χ3n) is 4.10. The van der Waals surface area contributed by atoms with Crippen molar-refractivity contribution in [3.8, 4) is 0 Å². The molecule has 0 spiro atoms. The highest BCUT2D eigenvalue weighted by molar-refractivity contribution is 9.10. The van der Waals surface area contributed by atoms with E-state index in [0.29, 0.717) is 12.0 Å². The van der Waals surface area contributed by atoms with E-state index >= 15 is 0 Å². The van der Waals surface area contributed by atoms with Gasteiger partial charge in [-0.05, 0) is 49.5 Å². The molecule has 1 aromatic carbocycles. The van der Waals surface area contributed by atoms with Crippen LogP contribution in [0.2, 0.25) is 0 Å². The highest BCUT2D eigenvalue weighted by Crippen LogP contribution is 2.30. The summed E-state index contributed by atoms with van der Waals surface area (Å²) in [6.07, 6.45) is 3.95. The third-order valence-corrected chi connectivity index (χ3v) is 4.62. The Morgan fingerprint density at radius 1 is 1.28 bits per heavy atom. The zero-order valence-electron chi connectivity index (χ0n) is 11.1. The SMILES string of the molecule is CCN(Cc1ccc(Br)cc1)C1CCCC1CN. The van der Waals surface area contributed by atoms with Gasteiger partial charge in [0.2, 0.25) is 0 Å². The standard InChI is InChI=1S/C15H23BrN2/c1-2-18(15-5-3-4-13(15)10-17)11-12-6-8-14(16)9-7-12/h6-9,13,15H,2-5,10-11,17H2,1H3. The molecule has 0 amide bonds. The van der Waals surface area contributed by atoms with Crippen LogP contribution in [0.3, 0.4) is 0 Å². The first-order chi connectivity index (χ1) is 8.74. The summed E-state index contributed by atoms with van der Waals surface area (Å²) in [6.45, 7) is 5.24. The van der Waals surface area contributed by atoms with Crippen LogP contribution in [0.1, 0.15) is 31.7 Å². The molecule has 3 heteroatoms. The van der Waals surface area contributed by atoms with Gasteiger partial charge in [-0.3, -0.25) is 4.90 Å². The van der Waals surface area contributed by atoms with E-state index in [1.54, 1.807) is 0 Å². The minimum Gasteiger partial charge on any atom is -0.330 e. The largest absolute Gasteiger partial charge is 0.330 e. The molecular weight excluding hydrogens is 288 g/mol. The molecule has 1 aliphatic rings. The molecule has 1 saturated carbocycles. The van der Waals surface area contributed by atoms with Crippen molar-refractivity contribution in [2.45, 2.75) is 38.8 Å². The number of halogens is 1. The van der Waals surface area contributed by atoms with Gasteiger partial charge in [0.05, 0.1) is 0 Å². The maximum atomic E-state index is 5.90. The van der Waals surface area contributed by atoms with Gasteiger partial charge in [-0.25, -0.2) is 0 Å². The highest BCUT2D eigenvalue weighted by atomic mass is 79.9. The van der Waals surface area contributed by atoms with Crippen LogP contribution in [0, 0.1) is 5.92 Å². The van der Waals surface area contributed by atoms with E-state index in [1.807, 2.05) is 0 Å². The average Bonchev–Trinajstić information content (AvgIpc) is 2.86. The van der Waals surface area contributed by atoms with E-state index in [2.05, 4.69) is 52.0 Å². The zero-order chi connectivity index (χ0) is 13.0. The molecule has 1 aliphatic carbocycles. The lowest BCUT2D eigenvalue weighted by molar-refractivity contribution is 0.162. The van der Waals surface area contributed by atoms with Crippen LogP contribution in [0.4, 0.5) is 0 Å². The predicted octanol–water partition coefficient (Wildman–Crippen LogP) is 3.40. The van der Waals surface area contributed by atoms with Gasteiger partial charge in [0.1, 0.15) is 0 Å². The average molecular weight is 311 g/mol. The minimum atomic E-state index is 0.684. The van der Waals surface area contributed by atoms with Crippen molar-refractivity contribution in [3.05, 3.63) is 34.3 Å². The van der Waals surface area contributed by atoms with E-state index in [1.165, 1.54) is 24.8 Å². The Morgan fingerprint density at radius 3 is 2.61 bits per heavy atom. The van der Waals surface area contributed by atoms with Crippen molar-refractivity contribution in [1.29, 1.82) is 0 Å². The van der Waals surface area contributed by atoms with Gasteiger partial charge in [-0.2, -0.15) is 0 Å². The topological polar surface area (TPSA) is 29.3 Å². The number of rotatable bonds is 5. The lowest BCUT2D eigenvalue weighted by Gasteiger charge is -2.31. The van der Waals surface area contributed by atoms with Crippen LogP contribution in [-0.2, 0) is 6.54 Å². The molecule has 2 atom stereocenters. The Hall–Kier alpha value is -0.380. The molecule has 100 valence electrons. The number of hydrogen-bond acceptors (Lipinski definition) is 2. The fraction of sp³-hybridized carbons (Fsp3) is 0.600. The number of benzene rings is 1. The Morgan fingerprint density at radius 2 is 2.00 bits per heavy atom. The van der Waals surface area contributed by atoms with Crippen molar-refractivity contribution < 1.29 is 0 Å². The summed E-state index contributed by atoms with van der Waals surface area (Å²) in [5.74, 6) is 0.695. The van der Waals surface area contributed by atoms with Gasteiger partial charge in [-0.1, -0.05) is 41.4 Å². The molecule has 2 rings (SSSR count). The highest BCUT2D eigenvalue weighted by Gasteiger charge is 2.30. The second-order valence-corrected chi connectivity index (χ2v) is 6.10. The second kappa shape index (κ2) is 6.69. The number of nitrogens with zero attached hydrogens (tertiary/aromatic N) is 1. The van der Waals surface area contributed by atoms with Crippen LogP contribution < -0.4 is 5.73 Å². The number of nitrogens with two attached hydrogens (primary N) is 1. The molecule has 0 aliphatic heterocycles. The van der Waals surface area contributed by atoms with Crippen molar-refractivity contribution in [3.63, 3.8) is 0 Å². The summed E-state index contributed by atoms with van der Waals surface area (Å²) in [6, 6.07) is 9.35. The first-order valence-corrected chi connectivity index (χ1v) is 7.72. The predicted molar refractivity (Wildman–Crippen MR) is 80.4 cm³/mol. The molecule has 0 saturated heterocycles. The van der Waals surface area contributed by atoms with Crippen molar-refractivity contribution in [2.75, 3.05) is 13.1 Å². The van der Waals surface area contributed by atoms with Gasteiger partial charge in [0, 0.05) is 17.1 Å². The Kier molecular flexibility index (Phi) is 5.22. The molecular formula is C15H23BrN2. The minimum absolute atomic E-state index is 0.684. The van der Waals surface area contributed by atoms with E-state index < -0.39 is 0 Å². The molecule has 1 aromatic rings. The van der Waals surface area contributed by atoms with Crippen molar-refractivity contribution >= 4 is 15.9 Å². The monoisotopic (exact) mass is 310 g/mol. The maximum absolute atomic E-state index is 5.90. The van der Waals surface area contributed by atoms with Gasteiger partial charge < -0.3 is 5.73 Å². The summed E-state index contributed by atoms with van der Waals surface area (Å²) in [5.41, 5.74) is 7.29. The smallest absolute Gasteiger partial charge is 0.0236 e. The van der Waals surface area contributed by atoms with Crippen LogP contribution in [0.25, 0.3) is 0 Å². The van der Waals surface area contributed by atoms with Crippen molar-refractivity contribution in [1.82, 2.24) is 4.90 Å². The Bertz CT molecular complexity index is 363. The fourth-order valence-electron chi connectivity index (χ4n) is 3.06. The summed E-state index contributed by atoms with van der Waals surface area (Å²) in [4.78, 5) is 2.59. The maximum Gasteiger partial charge on any atom is 0.0236 e. The summed E-state index contributed by atoms with van der Waals surface area (Å²) < 4.78 is 1.15. The van der Waals surface area contributed by atoms with E-state index in [9.17, 15) is 0 Å². The molecule has 0 bridgehead atoms. The van der Waals surface area contributed by atoms with Crippen LogP contribution in [0.15, 0.2) is 28.7 Å². The second-order valence-electron chi connectivity index (χ2n) is 5.18. The first kappa shape index (κ1) is 14.0. The molecule has 2 N–H and O–H groups in total. The normalized spacial score (nSPS) is 23.8. The quantitative estimate of drug-likeness (QED) is 0.903. The fourth-order valence-corrected chi connectivity index (χ4v) is 3.33. The molecule has 0 heterocycles. The Balaban J connectivity index is 2.02. The summed E-state index contributed by atoms with van der Waals surface area (Å²) in [5, 5.41) is 0. The molecule has 2 unspecified atom stereocenters. The number of hydrogen-bond donors (Lipinski definition) is 1. The lowest BCUT2D eigenvalue weighted by Crippen LogP contribution is -2.39. The molecule has 0 radical (unpaired) electrons. The Labute approximate surface area is 119 Å². The van der Waals surface area contributed by atoms with Gasteiger partial charge >= 0.3 is 0 Å². The van der Waals surface area contributed by atoms with Crippen LogP contribution >= 0.6 is 15.9 Å². The van der Waals surface area contributed by atoms with Gasteiger partial charge in [0.25, 0.3) is 0 Å².